The first kappa shape index (κ1) is 48.7. The lowest BCUT2D eigenvalue weighted by molar-refractivity contribution is -0.142. The summed E-state index contributed by atoms with van der Waals surface area (Å²) >= 11 is 7.96. The highest BCUT2D eigenvalue weighted by atomic mass is 35.5. The smallest absolute Gasteiger partial charge is 0.248 e. The molecule has 1 saturated carbocycles. The molecule has 1 aliphatic carbocycles. The summed E-state index contributed by atoms with van der Waals surface area (Å²) in [5, 5.41) is 32.3. The average Bonchev–Trinajstić information content (AvgIpc) is 4.19. The molecule has 16 nitrogen and oxygen atoms in total. The minimum Gasteiger partial charge on any atom is -0.490 e. The number of aryl methyl sites for hydroxylation is 3. The van der Waals surface area contributed by atoms with E-state index < -0.39 is 24.2 Å². The lowest BCUT2D eigenvalue weighted by Crippen LogP contribution is -2.49. The Morgan fingerprint density at radius 3 is 2.40 bits per heavy atom. The highest BCUT2D eigenvalue weighted by Gasteiger charge is 2.43. The van der Waals surface area contributed by atoms with Crippen molar-refractivity contribution >= 4 is 46.4 Å². The van der Waals surface area contributed by atoms with Crippen molar-refractivity contribution in [2.75, 3.05) is 6.54 Å². The Morgan fingerprint density at radius 2 is 1.68 bits per heavy atom. The lowest BCUT2D eigenvalue weighted by Gasteiger charge is -2.36. The first-order valence-electron chi connectivity index (χ1n) is 24.4. The third-order valence-corrected chi connectivity index (χ3v) is 15.5. The van der Waals surface area contributed by atoms with Crippen LogP contribution in [0, 0.1) is 33.6 Å². The molecule has 0 radical (unpaired) electrons. The Balaban J connectivity index is 0.762. The molecule has 6 heterocycles. The van der Waals surface area contributed by atoms with Crippen LogP contribution >= 0.6 is 22.9 Å². The summed E-state index contributed by atoms with van der Waals surface area (Å²) in [5.41, 5.74) is 8.05. The van der Waals surface area contributed by atoms with E-state index in [4.69, 9.17) is 25.7 Å². The van der Waals surface area contributed by atoms with Gasteiger partial charge in [0.05, 0.1) is 36.2 Å². The van der Waals surface area contributed by atoms with Crippen molar-refractivity contribution in [1.82, 2.24) is 45.1 Å². The first-order valence-corrected chi connectivity index (χ1v) is 25.6. The number of aliphatic hydroxyl groups excluding tert-OH is 1. The van der Waals surface area contributed by atoms with Gasteiger partial charge in [0.2, 0.25) is 17.7 Å². The number of aromatic nitrogens is 6. The molecule has 18 heteroatoms. The number of likely N-dealkylation sites (tertiary alicyclic amines) is 1. The molecule has 3 amide bonds. The molecule has 1 saturated heterocycles. The summed E-state index contributed by atoms with van der Waals surface area (Å²) in [4.78, 5) is 54.1. The molecular weight excluding hydrogens is 952 g/mol. The highest BCUT2D eigenvalue weighted by Crippen LogP contribution is 2.40. The normalized spacial score (nSPS) is 20.2. The van der Waals surface area contributed by atoms with E-state index in [1.807, 2.05) is 118 Å². The number of nitrogens with one attached hydrogen (secondary N) is 2. The summed E-state index contributed by atoms with van der Waals surface area (Å²) < 4.78 is 15.6. The zero-order valence-corrected chi connectivity index (χ0v) is 42.7. The second kappa shape index (κ2) is 19.9. The predicted octanol–water partition coefficient (Wildman–Crippen LogP) is 8.78. The molecule has 5 atom stereocenters. The van der Waals surface area contributed by atoms with Gasteiger partial charge in [-0.05, 0) is 81.5 Å². The number of nitrogens with zero attached hydrogens (tertiary/aromatic N) is 8. The molecule has 7 aromatic rings. The van der Waals surface area contributed by atoms with Gasteiger partial charge in [0.15, 0.2) is 18.0 Å². The molecule has 3 aromatic carbocycles. The number of hydrogen-bond donors (Lipinski definition) is 3. The number of aliphatic imine (C=N–C) groups is 1. The fourth-order valence-corrected chi connectivity index (χ4v) is 11.4. The Labute approximate surface area is 426 Å². The van der Waals surface area contributed by atoms with Crippen molar-refractivity contribution in [3.63, 3.8) is 0 Å². The van der Waals surface area contributed by atoms with E-state index >= 15 is 0 Å². The van der Waals surface area contributed by atoms with Crippen LogP contribution in [0.25, 0.3) is 27.5 Å². The molecule has 2 fully saturated rings. The number of thiophene rings is 1. The third-order valence-electron chi connectivity index (χ3n) is 14.1. The largest absolute Gasteiger partial charge is 0.490 e. The summed E-state index contributed by atoms with van der Waals surface area (Å²) in [6, 6.07) is 20.5. The van der Waals surface area contributed by atoms with Crippen molar-refractivity contribution in [1.29, 1.82) is 0 Å². The number of oxazole rings is 1. The molecule has 2 aliphatic heterocycles. The SMILES string of the molecule is Cc1ncoc1-c1ccc([C@H](C)NC(=O)[C@@H]2C[C@@H](O)CN2C(=O)C(C(C)C)n2cc(-c3cccc(OC4CC(NC(=O)C[C@@H]5N=C(c6ccc(Cl)cc6)c6c(sc(C)c6C)-n6c(C)nnc65)C4)c3)cn2)cc1. The maximum atomic E-state index is 14.4. The molecule has 3 N–H and O–H groups in total. The molecular formula is C54H57ClN10O6S. The van der Waals surface area contributed by atoms with Crippen LogP contribution in [-0.2, 0) is 14.4 Å². The van der Waals surface area contributed by atoms with Crippen molar-refractivity contribution in [3.8, 4) is 33.2 Å². The summed E-state index contributed by atoms with van der Waals surface area (Å²) in [5.74, 6) is 1.80. The number of rotatable bonds is 14. The lowest BCUT2D eigenvalue weighted by atomic mass is 9.89. The van der Waals surface area contributed by atoms with Crippen LogP contribution < -0.4 is 15.4 Å². The molecule has 4 aromatic heterocycles. The van der Waals surface area contributed by atoms with Gasteiger partial charge in [0.1, 0.15) is 40.8 Å². The van der Waals surface area contributed by atoms with E-state index in [1.165, 1.54) is 16.2 Å². The minimum absolute atomic E-state index is 0.0414. The number of benzene rings is 3. The molecule has 0 bridgehead atoms. The Bertz CT molecular complexity index is 3190. The van der Waals surface area contributed by atoms with Crippen LogP contribution in [0.4, 0.5) is 0 Å². The first-order chi connectivity index (χ1) is 34.6. The zero-order chi connectivity index (χ0) is 50.5. The number of ether oxygens (including phenoxy) is 1. The van der Waals surface area contributed by atoms with E-state index in [1.54, 1.807) is 22.2 Å². The van der Waals surface area contributed by atoms with E-state index in [-0.39, 0.29) is 61.2 Å². The van der Waals surface area contributed by atoms with Gasteiger partial charge in [-0.25, -0.2) is 4.98 Å². The van der Waals surface area contributed by atoms with E-state index in [9.17, 15) is 19.5 Å². The van der Waals surface area contributed by atoms with Crippen molar-refractivity contribution in [2.24, 2.45) is 10.9 Å². The van der Waals surface area contributed by atoms with E-state index in [2.05, 4.69) is 44.8 Å². The number of β-amino-alcohol motifs (C(OH)–C–C–N with tert-alkyl or cyclic N) is 1. The minimum atomic E-state index is -0.850. The topological polar surface area (TPSA) is 195 Å². The second-order valence-electron chi connectivity index (χ2n) is 19.5. The standard InChI is InChI=1S/C54H57ClN10O6S/c1-28(2)49(53(69)63-26-41(66)22-45(63)52(68)58-30(4)34-11-13-36(14-12-34)50-31(5)56-27-70-50)64-25-38(24-57-64)37-9-8-10-42(19-37)71-43-20-40(21-43)59-46(67)23-44-51-62-61-33(7)65(51)54-47(29(3)32(6)72-54)48(60-44)35-15-17-39(55)18-16-35/h8-19,24-25,27-28,30,40-41,43-45,49,66H,20-23,26H2,1-7H3,(H,58,68)(H,59,67)/t30-,40?,41+,43?,44-,45-,49?/m0/s1. The van der Waals surface area contributed by atoms with Gasteiger partial charge in [-0.2, -0.15) is 5.10 Å². The summed E-state index contributed by atoms with van der Waals surface area (Å²) in [6.07, 6.45) is 5.54. The van der Waals surface area contributed by atoms with Gasteiger partial charge in [0.25, 0.3) is 0 Å². The fourth-order valence-electron chi connectivity index (χ4n) is 10.0. The maximum Gasteiger partial charge on any atom is 0.248 e. The number of aliphatic hydroxyl groups is 1. The molecule has 372 valence electrons. The number of carbonyl (C=O) groups excluding carboxylic acids is 3. The van der Waals surface area contributed by atoms with Crippen LogP contribution in [0.1, 0.15) is 109 Å². The third kappa shape index (κ3) is 9.60. The van der Waals surface area contributed by atoms with Gasteiger partial charge >= 0.3 is 0 Å². The van der Waals surface area contributed by atoms with Crippen LogP contribution in [0.15, 0.2) is 101 Å². The van der Waals surface area contributed by atoms with Gasteiger partial charge in [-0.1, -0.05) is 74.0 Å². The number of halogens is 1. The Kier molecular flexibility index (Phi) is 13.5. The summed E-state index contributed by atoms with van der Waals surface area (Å²) in [7, 11) is 0. The quantitative estimate of drug-likeness (QED) is 0.0948. The number of carbonyl (C=O) groups is 3. The number of hydrogen-bond acceptors (Lipinski definition) is 12. The molecule has 10 rings (SSSR count). The van der Waals surface area contributed by atoms with Gasteiger partial charge < -0.3 is 29.8 Å². The zero-order valence-electron chi connectivity index (χ0n) is 41.2. The number of amides is 3. The summed E-state index contributed by atoms with van der Waals surface area (Å²) in [6.45, 7) is 13.8. The van der Waals surface area contributed by atoms with Gasteiger partial charge in [-0.15, -0.1) is 21.5 Å². The maximum absolute atomic E-state index is 14.4. The fraction of sp³-hybridized carbons (Fsp3) is 0.370. The van der Waals surface area contributed by atoms with E-state index in [0.717, 1.165) is 61.2 Å². The van der Waals surface area contributed by atoms with Crippen LogP contribution in [0.2, 0.25) is 5.02 Å². The second-order valence-corrected chi connectivity index (χ2v) is 21.2. The van der Waals surface area contributed by atoms with Crippen molar-refractivity contribution < 1.29 is 28.6 Å². The van der Waals surface area contributed by atoms with Crippen LogP contribution in [0.3, 0.4) is 0 Å². The van der Waals surface area contributed by atoms with Crippen molar-refractivity contribution in [2.45, 2.75) is 117 Å². The number of fused-ring (bicyclic) bond motifs is 3. The monoisotopic (exact) mass is 1010 g/mol. The van der Waals surface area contributed by atoms with Crippen LogP contribution in [0.5, 0.6) is 5.75 Å². The van der Waals surface area contributed by atoms with Gasteiger partial charge in [-0.3, -0.25) is 28.6 Å². The molecule has 1 unspecified atom stereocenters. The predicted molar refractivity (Wildman–Crippen MR) is 274 cm³/mol. The van der Waals surface area contributed by atoms with Gasteiger partial charge in [0, 0.05) is 70.2 Å². The Hall–Kier alpha value is -6.95. The highest BCUT2D eigenvalue weighted by molar-refractivity contribution is 7.15. The molecule has 3 aliphatic rings. The van der Waals surface area contributed by atoms with E-state index in [0.29, 0.717) is 35.2 Å². The molecule has 0 spiro atoms. The molecule has 72 heavy (non-hydrogen) atoms. The van der Waals surface area contributed by atoms with Crippen LogP contribution in [-0.4, -0.2) is 93.8 Å². The average molecular weight is 1010 g/mol. The Morgan fingerprint density at radius 1 is 0.931 bits per heavy atom. The van der Waals surface area contributed by atoms with Crippen molar-refractivity contribution in [3.05, 3.63) is 141 Å².